The number of rotatable bonds is 5. The molecule has 2 aliphatic heterocycles. The van der Waals surface area contributed by atoms with E-state index in [1.165, 1.54) is 44.5 Å². The number of benzene rings is 1. The van der Waals surface area contributed by atoms with Crippen LogP contribution in [-0.2, 0) is 4.74 Å². The van der Waals surface area contributed by atoms with Gasteiger partial charge >= 0.3 is 0 Å². The summed E-state index contributed by atoms with van der Waals surface area (Å²) in [4.78, 5) is 2.50. The quantitative estimate of drug-likeness (QED) is 0.893. The van der Waals surface area contributed by atoms with Crippen molar-refractivity contribution >= 4 is 5.69 Å². The van der Waals surface area contributed by atoms with Gasteiger partial charge in [0.25, 0.3) is 0 Å². The number of piperidine rings is 1. The van der Waals surface area contributed by atoms with Gasteiger partial charge in [-0.1, -0.05) is 18.2 Å². The summed E-state index contributed by atoms with van der Waals surface area (Å²) in [5.74, 6) is 0.798. The second-order valence-electron chi connectivity index (χ2n) is 6.07. The maximum atomic E-state index is 5.43. The van der Waals surface area contributed by atoms with Gasteiger partial charge in [0, 0.05) is 38.0 Å². The third-order valence-corrected chi connectivity index (χ3v) is 4.63. The minimum absolute atomic E-state index is 0.706. The van der Waals surface area contributed by atoms with Gasteiger partial charge in [0.15, 0.2) is 0 Å². The third-order valence-electron chi connectivity index (χ3n) is 4.63. The normalized spacial score (nSPS) is 24.2. The first kappa shape index (κ1) is 13.9. The summed E-state index contributed by atoms with van der Waals surface area (Å²) in [5, 5.41) is 3.74. The summed E-state index contributed by atoms with van der Waals surface area (Å²) >= 11 is 0. The van der Waals surface area contributed by atoms with Gasteiger partial charge in [0.2, 0.25) is 0 Å². The van der Waals surface area contributed by atoms with Crippen LogP contribution in [0.2, 0.25) is 0 Å². The first-order chi connectivity index (χ1) is 9.92. The van der Waals surface area contributed by atoms with Crippen molar-refractivity contribution in [2.45, 2.75) is 31.7 Å². The van der Waals surface area contributed by atoms with E-state index in [9.17, 15) is 0 Å². The van der Waals surface area contributed by atoms with Gasteiger partial charge < -0.3 is 15.0 Å². The molecule has 0 radical (unpaired) electrons. The molecule has 3 heteroatoms. The molecule has 0 amide bonds. The Labute approximate surface area is 122 Å². The first-order valence-electron chi connectivity index (χ1n) is 8.03. The average Bonchev–Trinajstić information content (AvgIpc) is 3.02. The lowest BCUT2D eigenvalue weighted by Gasteiger charge is -2.34. The highest BCUT2D eigenvalue weighted by molar-refractivity contribution is 5.46. The Hall–Kier alpha value is -1.06. The van der Waals surface area contributed by atoms with Gasteiger partial charge in [-0.05, 0) is 50.3 Å². The molecule has 2 fully saturated rings. The van der Waals surface area contributed by atoms with E-state index < -0.39 is 0 Å². The van der Waals surface area contributed by atoms with Crippen molar-refractivity contribution in [2.24, 2.45) is 5.92 Å². The van der Waals surface area contributed by atoms with Crippen molar-refractivity contribution in [3.8, 4) is 0 Å². The lowest BCUT2D eigenvalue weighted by atomic mass is 10.0. The lowest BCUT2D eigenvalue weighted by molar-refractivity contribution is 0.183. The molecule has 1 unspecified atom stereocenters. The van der Waals surface area contributed by atoms with Crippen molar-refractivity contribution in [1.29, 1.82) is 0 Å². The summed E-state index contributed by atoms with van der Waals surface area (Å²) in [6, 6.07) is 11.5. The minimum Gasteiger partial charge on any atom is -0.381 e. The fraction of sp³-hybridized carbons (Fsp3) is 0.647. The molecule has 2 saturated heterocycles. The van der Waals surface area contributed by atoms with Crippen LogP contribution in [0.25, 0.3) is 0 Å². The number of anilines is 1. The second kappa shape index (κ2) is 7.09. The standard InChI is InChI=1S/C17H26N2O/c1-2-4-17(5-3-1)19-11-7-16(8-12-19)18-10-6-15-9-13-20-14-15/h1-5,15-16,18H,6-14H2. The monoisotopic (exact) mass is 274 g/mol. The van der Waals surface area contributed by atoms with Crippen LogP contribution < -0.4 is 10.2 Å². The zero-order chi connectivity index (χ0) is 13.6. The fourth-order valence-corrected chi connectivity index (χ4v) is 3.28. The molecule has 110 valence electrons. The van der Waals surface area contributed by atoms with E-state index >= 15 is 0 Å². The average molecular weight is 274 g/mol. The van der Waals surface area contributed by atoms with E-state index in [1.807, 2.05) is 0 Å². The van der Waals surface area contributed by atoms with Crippen LogP contribution in [0, 0.1) is 5.92 Å². The van der Waals surface area contributed by atoms with Gasteiger partial charge in [0.1, 0.15) is 0 Å². The molecule has 0 saturated carbocycles. The zero-order valence-corrected chi connectivity index (χ0v) is 12.3. The molecule has 2 heterocycles. The Bertz CT molecular complexity index is 381. The predicted molar refractivity (Wildman–Crippen MR) is 83.2 cm³/mol. The highest BCUT2D eigenvalue weighted by Gasteiger charge is 2.20. The van der Waals surface area contributed by atoms with Crippen LogP contribution in [0.15, 0.2) is 30.3 Å². The van der Waals surface area contributed by atoms with Crippen molar-refractivity contribution < 1.29 is 4.74 Å². The van der Waals surface area contributed by atoms with Gasteiger partial charge in [0.05, 0.1) is 0 Å². The largest absolute Gasteiger partial charge is 0.381 e. The molecule has 1 N–H and O–H groups in total. The van der Waals surface area contributed by atoms with E-state index in [0.717, 1.165) is 25.7 Å². The molecular weight excluding hydrogens is 248 g/mol. The summed E-state index contributed by atoms with van der Waals surface area (Å²) in [7, 11) is 0. The molecule has 3 nitrogen and oxygen atoms in total. The number of hydrogen-bond donors (Lipinski definition) is 1. The van der Waals surface area contributed by atoms with Crippen LogP contribution in [0.4, 0.5) is 5.69 Å². The number of nitrogens with zero attached hydrogens (tertiary/aromatic N) is 1. The molecule has 2 aliphatic rings. The van der Waals surface area contributed by atoms with E-state index in [-0.39, 0.29) is 0 Å². The third kappa shape index (κ3) is 3.74. The van der Waals surface area contributed by atoms with Gasteiger partial charge in [-0.25, -0.2) is 0 Å². The topological polar surface area (TPSA) is 24.5 Å². The molecule has 0 aromatic heterocycles. The van der Waals surface area contributed by atoms with Crippen LogP contribution in [0.3, 0.4) is 0 Å². The highest BCUT2D eigenvalue weighted by atomic mass is 16.5. The van der Waals surface area contributed by atoms with Crippen molar-refractivity contribution in [3.05, 3.63) is 30.3 Å². The maximum Gasteiger partial charge on any atom is 0.0495 e. The summed E-state index contributed by atoms with van der Waals surface area (Å²) in [6.07, 6.45) is 5.05. The lowest BCUT2D eigenvalue weighted by Crippen LogP contribution is -2.43. The predicted octanol–water partition coefficient (Wildman–Crippen LogP) is 2.67. The summed E-state index contributed by atoms with van der Waals surface area (Å²) in [6.45, 7) is 5.46. The highest BCUT2D eigenvalue weighted by Crippen LogP contribution is 2.20. The van der Waals surface area contributed by atoms with Crippen LogP contribution >= 0.6 is 0 Å². The van der Waals surface area contributed by atoms with E-state index in [4.69, 9.17) is 4.74 Å². The molecule has 0 bridgehead atoms. The molecule has 1 aromatic rings. The second-order valence-corrected chi connectivity index (χ2v) is 6.07. The molecule has 1 atom stereocenters. The Kier molecular flexibility index (Phi) is 4.93. The van der Waals surface area contributed by atoms with Crippen LogP contribution in [0.5, 0.6) is 0 Å². The molecule has 20 heavy (non-hydrogen) atoms. The first-order valence-corrected chi connectivity index (χ1v) is 8.03. The van der Waals surface area contributed by atoms with Gasteiger partial charge in [-0.15, -0.1) is 0 Å². The summed E-state index contributed by atoms with van der Waals surface area (Å²) in [5.41, 5.74) is 1.37. The Balaban J connectivity index is 1.36. The zero-order valence-electron chi connectivity index (χ0n) is 12.3. The Morgan fingerprint density at radius 1 is 1.10 bits per heavy atom. The number of hydrogen-bond acceptors (Lipinski definition) is 3. The van der Waals surface area contributed by atoms with Gasteiger partial charge in [-0.2, -0.15) is 0 Å². The van der Waals surface area contributed by atoms with Crippen molar-refractivity contribution in [1.82, 2.24) is 5.32 Å². The number of nitrogens with one attached hydrogen (secondary N) is 1. The summed E-state index contributed by atoms with van der Waals surface area (Å²) < 4.78 is 5.43. The van der Waals surface area contributed by atoms with Crippen LogP contribution in [-0.4, -0.2) is 38.9 Å². The fourth-order valence-electron chi connectivity index (χ4n) is 3.28. The van der Waals surface area contributed by atoms with Crippen molar-refractivity contribution in [3.63, 3.8) is 0 Å². The van der Waals surface area contributed by atoms with Crippen LogP contribution in [0.1, 0.15) is 25.7 Å². The minimum atomic E-state index is 0.706. The van der Waals surface area contributed by atoms with Gasteiger partial charge in [-0.3, -0.25) is 0 Å². The number of ether oxygens (including phenoxy) is 1. The van der Waals surface area contributed by atoms with E-state index in [2.05, 4.69) is 40.5 Å². The molecule has 3 rings (SSSR count). The Morgan fingerprint density at radius 3 is 2.60 bits per heavy atom. The van der Waals surface area contributed by atoms with E-state index in [1.54, 1.807) is 0 Å². The molecule has 1 aromatic carbocycles. The SMILES string of the molecule is c1ccc(N2CCC(NCCC3CCOC3)CC2)cc1. The Morgan fingerprint density at radius 2 is 1.90 bits per heavy atom. The molecule has 0 aliphatic carbocycles. The van der Waals surface area contributed by atoms with E-state index in [0.29, 0.717) is 6.04 Å². The smallest absolute Gasteiger partial charge is 0.0495 e. The maximum absolute atomic E-state index is 5.43. The number of para-hydroxylation sites is 1. The molecule has 0 spiro atoms. The van der Waals surface area contributed by atoms with Crippen molar-refractivity contribution in [2.75, 3.05) is 37.7 Å². The molecular formula is C17H26N2O.